The molecular weight excluding hydrogens is 349 g/mol. The van der Waals surface area contributed by atoms with E-state index in [9.17, 15) is 14.4 Å². The Bertz CT molecular complexity index is 1060. The van der Waals surface area contributed by atoms with Crippen molar-refractivity contribution < 1.29 is 9.18 Å². The third-order valence-electron chi connectivity index (χ3n) is 3.87. The maximum atomic E-state index is 14.1. The Morgan fingerprint density at radius 2 is 2.19 bits per heavy atom. The largest absolute Gasteiger partial charge is 0.382 e. The van der Waals surface area contributed by atoms with Gasteiger partial charge in [0.2, 0.25) is 0 Å². The maximum Gasteiger partial charge on any atom is 0.253 e. The average molecular weight is 365 g/mol. The Morgan fingerprint density at radius 1 is 1.37 bits per heavy atom. The van der Waals surface area contributed by atoms with Crippen molar-refractivity contribution in [2.75, 3.05) is 17.6 Å². The van der Waals surface area contributed by atoms with Gasteiger partial charge < -0.3 is 16.4 Å². The van der Waals surface area contributed by atoms with Crippen molar-refractivity contribution in [1.82, 2.24) is 20.3 Å². The molecule has 8 nitrogen and oxygen atoms in total. The molecule has 136 valence electrons. The number of para-hydroxylation sites is 1. The highest BCUT2D eigenvalue weighted by atomic mass is 19.1. The second-order valence-electron chi connectivity index (χ2n) is 5.60. The Hall–Kier alpha value is -3.80. The number of fused-ring (bicyclic) bond motifs is 1. The first-order valence-corrected chi connectivity index (χ1v) is 8.16. The smallest absolute Gasteiger partial charge is 0.253 e. The number of hydrogen-bond donors (Lipinski definition) is 3. The van der Waals surface area contributed by atoms with E-state index in [1.165, 1.54) is 12.4 Å². The number of benzene rings is 1. The van der Waals surface area contributed by atoms with E-state index >= 15 is 0 Å². The highest BCUT2D eigenvalue weighted by Gasteiger charge is 2.16. The molecule has 0 aliphatic heterocycles. The lowest BCUT2D eigenvalue weighted by atomic mass is 10.1. The lowest BCUT2D eigenvalue weighted by molar-refractivity contribution is 0.0954. The second kappa shape index (κ2) is 7.61. The van der Waals surface area contributed by atoms with Crippen LogP contribution in [-0.2, 0) is 6.54 Å². The minimum Gasteiger partial charge on any atom is -0.382 e. The molecule has 4 N–H and O–H groups in total. The molecule has 2 heterocycles. The highest BCUT2D eigenvalue weighted by molar-refractivity contribution is 5.98. The molecule has 2 aromatic heterocycles. The lowest BCUT2D eigenvalue weighted by Crippen LogP contribution is -2.25. The molecule has 0 saturated heterocycles. The zero-order valence-corrected chi connectivity index (χ0v) is 14.5. The van der Waals surface area contributed by atoms with Crippen molar-refractivity contribution in [1.29, 1.82) is 5.26 Å². The van der Waals surface area contributed by atoms with Gasteiger partial charge in [-0.15, -0.1) is 0 Å². The number of rotatable bonds is 5. The summed E-state index contributed by atoms with van der Waals surface area (Å²) in [5, 5.41) is 15.4. The van der Waals surface area contributed by atoms with Crippen molar-refractivity contribution in [2.24, 2.45) is 0 Å². The number of carbonyl (C=O) groups is 1. The number of hydrogen-bond acceptors (Lipinski definition) is 7. The van der Waals surface area contributed by atoms with Crippen LogP contribution in [0.4, 0.5) is 16.0 Å². The summed E-state index contributed by atoms with van der Waals surface area (Å²) in [6.07, 6.45) is 1.22. The predicted octanol–water partition coefficient (Wildman–Crippen LogP) is 1.98. The molecule has 0 unspecified atom stereocenters. The number of aromatic nitrogens is 3. The zero-order chi connectivity index (χ0) is 19.4. The van der Waals surface area contributed by atoms with E-state index in [0.29, 0.717) is 23.2 Å². The first-order chi connectivity index (χ1) is 13.0. The van der Waals surface area contributed by atoms with Crippen LogP contribution >= 0.6 is 0 Å². The van der Waals surface area contributed by atoms with E-state index in [1.54, 1.807) is 25.1 Å². The summed E-state index contributed by atoms with van der Waals surface area (Å²) in [5.74, 6) is -0.561. The van der Waals surface area contributed by atoms with Crippen molar-refractivity contribution in [3.63, 3.8) is 0 Å². The van der Waals surface area contributed by atoms with Crippen molar-refractivity contribution in [3.05, 3.63) is 53.2 Å². The molecule has 0 saturated carbocycles. The van der Waals surface area contributed by atoms with Gasteiger partial charge in [0.15, 0.2) is 0 Å². The number of halogens is 1. The van der Waals surface area contributed by atoms with Crippen LogP contribution in [0.5, 0.6) is 0 Å². The summed E-state index contributed by atoms with van der Waals surface area (Å²) in [5.41, 5.74) is 6.54. The van der Waals surface area contributed by atoms with Gasteiger partial charge in [0.05, 0.1) is 17.8 Å². The summed E-state index contributed by atoms with van der Waals surface area (Å²) in [6, 6.07) is 8.06. The number of pyridine rings is 1. The van der Waals surface area contributed by atoms with Crippen LogP contribution < -0.4 is 16.4 Å². The second-order valence-corrected chi connectivity index (χ2v) is 5.60. The summed E-state index contributed by atoms with van der Waals surface area (Å²) in [6.45, 7) is 2.28. The number of nitrogen functional groups attached to an aromatic ring is 1. The van der Waals surface area contributed by atoms with E-state index in [-0.39, 0.29) is 35.2 Å². The minimum atomic E-state index is -0.486. The number of nitrogens with zero attached hydrogens (tertiary/aromatic N) is 4. The predicted molar refractivity (Wildman–Crippen MR) is 98.2 cm³/mol. The molecule has 1 aromatic carbocycles. The number of nitrogens with two attached hydrogens (primary N) is 1. The number of carbonyl (C=O) groups excluding carboxylic acids is 1. The third-order valence-corrected chi connectivity index (χ3v) is 3.87. The zero-order valence-electron chi connectivity index (χ0n) is 14.5. The van der Waals surface area contributed by atoms with Gasteiger partial charge in [0, 0.05) is 11.9 Å². The average Bonchev–Trinajstić information content (AvgIpc) is 2.66. The van der Waals surface area contributed by atoms with E-state index < -0.39 is 5.82 Å². The fourth-order valence-corrected chi connectivity index (χ4v) is 2.60. The number of nitrogens with one attached hydrogen (secondary N) is 2. The van der Waals surface area contributed by atoms with Crippen LogP contribution in [0.3, 0.4) is 0 Å². The van der Waals surface area contributed by atoms with Crippen molar-refractivity contribution in [3.8, 4) is 6.07 Å². The number of anilines is 2. The van der Waals surface area contributed by atoms with Crippen LogP contribution in [0.1, 0.15) is 28.5 Å². The minimum absolute atomic E-state index is 0.0384. The molecule has 0 aliphatic carbocycles. The van der Waals surface area contributed by atoms with Gasteiger partial charge in [-0.05, 0) is 19.1 Å². The molecule has 9 heteroatoms. The first-order valence-electron chi connectivity index (χ1n) is 8.16. The van der Waals surface area contributed by atoms with Crippen LogP contribution in [0.25, 0.3) is 10.9 Å². The van der Waals surface area contributed by atoms with Gasteiger partial charge in [0.1, 0.15) is 40.9 Å². The molecule has 0 bridgehead atoms. The number of amides is 1. The van der Waals surface area contributed by atoms with Crippen LogP contribution in [-0.4, -0.2) is 27.4 Å². The van der Waals surface area contributed by atoms with Crippen LogP contribution in [0.15, 0.2) is 30.6 Å². The molecule has 27 heavy (non-hydrogen) atoms. The summed E-state index contributed by atoms with van der Waals surface area (Å²) >= 11 is 0. The van der Waals surface area contributed by atoms with Crippen LogP contribution in [0, 0.1) is 17.1 Å². The van der Waals surface area contributed by atoms with Gasteiger partial charge in [-0.3, -0.25) is 4.79 Å². The number of nitriles is 1. The van der Waals surface area contributed by atoms with Gasteiger partial charge >= 0.3 is 0 Å². The Morgan fingerprint density at radius 3 is 2.93 bits per heavy atom. The fraction of sp³-hybridized carbons (Fsp3) is 0.167. The quantitative estimate of drug-likeness (QED) is 0.630. The van der Waals surface area contributed by atoms with E-state index in [0.717, 1.165) is 0 Å². The van der Waals surface area contributed by atoms with Gasteiger partial charge in [-0.1, -0.05) is 12.1 Å². The van der Waals surface area contributed by atoms with Crippen LogP contribution in [0.2, 0.25) is 0 Å². The van der Waals surface area contributed by atoms with Crippen molar-refractivity contribution >= 4 is 28.4 Å². The standard InChI is InChI=1S/C18H16FN7O/c1-2-22-18(27)11-6-10-4-3-5-13(19)15(10)26-14(11)8-23-17-12(7-20)16(21)24-9-25-17/h3-6,9H,2,8H2,1H3,(H,22,27)(H3,21,23,24,25). The lowest BCUT2D eigenvalue weighted by Gasteiger charge is -2.13. The Balaban J connectivity index is 2.03. The molecular formula is C18H16FN7O. The van der Waals surface area contributed by atoms with E-state index in [2.05, 4.69) is 25.6 Å². The maximum absolute atomic E-state index is 14.1. The van der Waals surface area contributed by atoms with Crippen molar-refractivity contribution in [2.45, 2.75) is 13.5 Å². The van der Waals surface area contributed by atoms with Gasteiger partial charge in [-0.2, -0.15) is 5.26 Å². The molecule has 1 amide bonds. The van der Waals surface area contributed by atoms with Gasteiger partial charge in [-0.25, -0.2) is 19.3 Å². The summed E-state index contributed by atoms with van der Waals surface area (Å²) < 4.78 is 14.1. The third kappa shape index (κ3) is 3.59. The fourth-order valence-electron chi connectivity index (χ4n) is 2.60. The Labute approximate surface area is 154 Å². The molecule has 3 aromatic rings. The molecule has 0 aliphatic rings. The molecule has 0 atom stereocenters. The Kier molecular flexibility index (Phi) is 5.08. The molecule has 0 fully saturated rings. The highest BCUT2D eigenvalue weighted by Crippen LogP contribution is 2.22. The topological polar surface area (TPSA) is 130 Å². The molecule has 0 radical (unpaired) electrons. The van der Waals surface area contributed by atoms with E-state index in [4.69, 9.17) is 5.73 Å². The first kappa shape index (κ1) is 18.0. The molecule has 0 spiro atoms. The van der Waals surface area contributed by atoms with Gasteiger partial charge in [0.25, 0.3) is 5.91 Å². The molecule has 3 rings (SSSR count). The van der Waals surface area contributed by atoms with E-state index in [1.807, 2.05) is 6.07 Å². The SMILES string of the molecule is CCNC(=O)c1cc2cccc(F)c2nc1CNc1ncnc(N)c1C#N. The monoisotopic (exact) mass is 365 g/mol. The summed E-state index contributed by atoms with van der Waals surface area (Å²) in [4.78, 5) is 24.5. The normalized spacial score (nSPS) is 10.4. The summed E-state index contributed by atoms with van der Waals surface area (Å²) in [7, 11) is 0.